The molecule has 4 atom stereocenters. The highest BCUT2D eigenvalue weighted by Crippen LogP contribution is 2.40. The van der Waals surface area contributed by atoms with Crippen LogP contribution in [0.15, 0.2) is 60.7 Å². The lowest BCUT2D eigenvalue weighted by Gasteiger charge is -2.23. The van der Waals surface area contributed by atoms with Crippen molar-refractivity contribution in [3.05, 3.63) is 71.8 Å². The minimum Gasteiger partial charge on any atom is -0.464 e. The summed E-state index contributed by atoms with van der Waals surface area (Å²) in [6.07, 6.45) is 1.69. The van der Waals surface area contributed by atoms with Gasteiger partial charge < -0.3 is 9.47 Å². The first-order chi connectivity index (χ1) is 18.4. The van der Waals surface area contributed by atoms with Crippen molar-refractivity contribution in [1.82, 2.24) is 0 Å². The summed E-state index contributed by atoms with van der Waals surface area (Å²) >= 11 is 3.78. The van der Waals surface area contributed by atoms with E-state index in [0.717, 1.165) is 35.9 Å². The van der Waals surface area contributed by atoms with Crippen LogP contribution in [-0.2, 0) is 30.6 Å². The number of esters is 2. The number of benzene rings is 2. The lowest BCUT2D eigenvalue weighted by molar-refractivity contribution is -0.148. The molecule has 2 aromatic carbocycles. The average Bonchev–Trinajstić information content (AvgIpc) is 2.93. The van der Waals surface area contributed by atoms with Crippen LogP contribution in [0.3, 0.4) is 0 Å². The van der Waals surface area contributed by atoms with Gasteiger partial charge in [-0.1, -0.05) is 140 Å². The molecule has 1 aliphatic rings. The molecule has 42 heavy (non-hydrogen) atoms. The Morgan fingerprint density at radius 3 is 1.74 bits per heavy atom. The minimum absolute atomic E-state index is 0. The van der Waals surface area contributed by atoms with Crippen LogP contribution in [0.25, 0.3) is 0 Å². The van der Waals surface area contributed by atoms with Gasteiger partial charge in [0.05, 0.1) is 17.1 Å². The van der Waals surface area contributed by atoms with Gasteiger partial charge in [0.1, 0.15) is 13.2 Å². The van der Waals surface area contributed by atoms with Gasteiger partial charge in [0.25, 0.3) is 0 Å². The third-order valence-corrected chi connectivity index (χ3v) is 11.8. The first-order valence-corrected chi connectivity index (χ1v) is 17.9. The largest absolute Gasteiger partial charge is 0.464 e. The predicted molar refractivity (Wildman–Crippen MR) is 196 cm³/mol. The van der Waals surface area contributed by atoms with E-state index in [2.05, 4.69) is 48.5 Å². The third-order valence-electron chi connectivity index (χ3n) is 6.05. The Morgan fingerprint density at radius 2 is 1.29 bits per heavy atom. The standard InChI is InChI=1S/C22H28O2S2.C8H14O2S2.4CH4/c1-3-18(2)22(23)24-14-21(26-16-20-12-8-5-9-13-20)17-25-15-19-10-6-4-7-11-19;1-3-6(2)8(9)10-4-7-5-11-12-7;;;;/h4-13,18,21H,3,14-17H2,1-2H3;6-7H,3-5H2,1-2H3;4*1H4. The minimum atomic E-state index is -0.0779. The molecule has 3 rings (SSSR count). The van der Waals surface area contributed by atoms with Crippen molar-refractivity contribution in [1.29, 1.82) is 0 Å². The van der Waals surface area contributed by atoms with Crippen LogP contribution in [0.4, 0.5) is 0 Å². The van der Waals surface area contributed by atoms with Crippen LogP contribution >= 0.6 is 45.1 Å². The fraction of sp³-hybridized carbons (Fsp3) is 0.588. The number of carbonyl (C=O) groups excluding carboxylic acids is 2. The van der Waals surface area contributed by atoms with Gasteiger partial charge in [-0.2, -0.15) is 11.8 Å². The summed E-state index contributed by atoms with van der Waals surface area (Å²) in [6, 6.07) is 21.0. The summed E-state index contributed by atoms with van der Waals surface area (Å²) in [4.78, 5) is 23.2. The Hall–Kier alpha value is -1.22. The molecule has 0 spiro atoms. The van der Waals surface area contributed by atoms with Crippen LogP contribution < -0.4 is 0 Å². The van der Waals surface area contributed by atoms with Crippen molar-refractivity contribution in [2.75, 3.05) is 24.7 Å². The SMILES string of the molecule is C.C.C.C.CCC(C)C(=O)OCC(CSCc1ccccc1)SCc1ccccc1.CCC(C)C(=O)OCC1CSS1. The number of hydrogen-bond acceptors (Lipinski definition) is 8. The maximum atomic E-state index is 12.0. The predicted octanol–water partition coefficient (Wildman–Crippen LogP) is 10.7. The maximum absolute atomic E-state index is 12.0. The highest BCUT2D eigenvalue weighted by Gasteiger charge is 2.22. The maximum Gasteiger partial charge on any atom is 0.308 e. The van der Waals surface area contributed by atoms with Gasteiger partial charge in [0.15, 0.2) is 0 Å². The molecule has 0 aliphatic carbocycles. The molecule has 1 aliphatic heterocycles. The Labute approximate surface area is 275 Å². The van der Waals surface area contributed by atoms with Crippen molar-refractivity contribution in [2.45, 2.75) is 92.2 Å². The van der Waals surface area contributed by atoms with Gasteiger partial charge >= 0.3 is 11.9 Å². The fourth-order valence-electron chi connectivity index (χ4n) is 3.02. The zero-order valence-electron chi connectivity index (χ0n) is 23.0. The van der Waals surface area contributed by atoms with E-state index in [-0.39, 0.29) is 53.5 Å². The molecular weight excluding hydrogens is 601 g/mol. The lowest BCUT2D eigenvalue weighted by atomic mass is 10.1. The average molecular weight is 659 g/mol. The molecule has 0 saturated carbocycles. The van der Waals surface area contributed by atoms with Crippen molar-refractivity contribution >= 4 is 57.1 Å². The number of hydrogen-bond donors (Lipinski definition) is 0. The van der Waals surface area contributed by atoms with E-state index in [9.17, 15) is 9.59 Å². The third kappa shape index (κ3) is 19.1. The van der Waals surface area contributed by atoms with Crippen molar-refractivity contribution < 1.29 is 19.1 Å². The molecule has 8 heteroatoms. The highest BCUT2D eigenvalue weighted by molar-refractivity contribution is 8.79. The van der Waals surface area contributed by atoms with Crippen LogP contribution in [0.1, 0.15) is 81.4 Å². The smallest absolute Gasteiger partial charge is 0.308 e. The second-order valence-corrected chi connectivity index (χ2v) is 14.3. The summed E-state index contributed by atoms with van der Waals surface area (Å²) in [6.45, 7) is 8.94. The molecular formula is C34H58O4S4. The number of carbonyl (C=O) groups is 2. The Balaban J connectivity index is -0.000000814. The van der Waals surface area contributed by atoms with Gasteiger partial charge in [-0.15, -0.1) is 11.8 Å². The van der Waals surface area contributed by atoms with E-state index in [1.54, 1.807) is 10.8 Å². The Bertz CT molecular complexity index is 910. The second-order valence-electron chi connectivity index (χ2n) is 9.30. The Kier molecular flexibility index (Phi) is 29.4. The summed E-state index contributed by atoms with van der Waals surface area (Å²) in [7, 11) is 3.64. The quantitative estimate of drug-likeness (QED) is 0.138. The molecule has 242 valence electrons. The molecule has 0 radical (unpaired) electrons. The van der Waals surface area contributed by atoms with Crippen LogP contribution in [0.5, 0.6) is 0 Å². The van der Waals surface area contributed by atoms with E-state index in [0.29, 0.717) is 23.7 Å². The topological polar surface area (TPSA) is 52.6 Å². The number of ether oxygens (including phenoxy) is 2. The second kappa shape index (κ2) is 27.3. The monoisotopic (exact) mass is 658 g/mol. The summed E-state index contributed by atoms with van der Waals surface area (Å²) < 4.78 is 10.7. The first kappa shape index (κ1) is 45.2. The zero-order chi connectivity index (χ0) is 27.6. The lowest BCUT2D eigenvalue weighted by Crippen LogP contribution is -2.24. The van der Waals surface area contributed by atoms with Crippen LogP contribution in [0.2, 0.25) is 0 Å². The highest BCUT2D eigenvalue weighted by atomic mass is 33.1. The number of rotatable bonds is 15. The molecule has 4 nitrogen and oxygen atoms in total. The van der Waals surface area contributed by atoms with Crippen molar-refractivity contribution in [2.24, 2.45) is 11.8 Å². The summed E-state index contributed by atoms with van der Waals surface area (Å²) in [5, 5.41) is 0.847. The van der Waals surface area contributed by atoms with Crippen molar-refractivity contribution in [3.63, 3.8) is 0 Å². The van der Waals surface area contributed by atoms with Gasteiger partial charge in [0.2, 0.25) is 0 Å². The van der Waals surface area contributed by atoms with Crippen molar-refractivity contribution in [3.8, 4) is 0 Å². The molecule has 4 unspecified atom stereocenters. The molecule has 1 saturated heterocycles. The van der Waals surface area contributed by atoms with E-state index >= 15 is 0 Å². The molecule has 1 heterocycles. The van der Waals surface area contributed by atoms with Gasteiger partial charge in [-0.25, -0.2) is 0 Å². The molecule has 0 amide bonds. The normalized spacial score (nSPS) is 15.1. The molecule has 0 N–H and O–H groups in total. The van der Waals surface area contributed by atoms with Crippen LogP contribution in [0, 0.1) is 11.8 Å². The molecule has 0 bridgehead atoms. The summed E-state index contributed by atoms with van der Waals surface area (Å²) in [5.74, 6) is 3.94. The first-order valence-electron chi connectivity index (χ1n) is 13.3. The van der Waals surface area contributed by atoms with Gasteiger partial charge in [0, 0.05) is 28.3 Å². The fourth-order valence-corrected chi connectivity index (χ4v) is 7.09. The molecule has 0 aromatic heterocycles. The molecule has 1 fully saturated rings. The van der Waals surface area contributed by atoms with E-state index in [4.69, 9.17) is 9.47 Å². The van der Waals surface area contributed by atoms with Crippen LogP contribution in [-0.4, -0.2) is 47.2 Å². The van der Waals surface area contributed by atoms with Gasteiger partial charge in [-0.05, 0) is 24.0 Å². The van der Waals surface area contributed by atoms with Gasteiger partial charge in [-0.3, -0.25) is 9.59 Å². The molecule has 2 aromatic rings. The van der Waals surface area contributed by atoms with E-state index < -0.39 is 0 Å². The number of thioether (sulfide) groups is 2. The Morgan fingerprint density at radius 1 is 0.810 bits per heavy atom. The zero-order valence-corrected chi connectivity index (χ0v) is 26.3. The van der Waals surface area contributed by atoms with E-state index in [1.807, 2.05) is 74.1 Å². The van der Waals surface area contributed by atoms with E-state index in [1.165, 1.54) is 11.1 Å². The summed E-state index contributed by atoms with van der Waals surface area (Å²) in [5.41, 5.74) is 2.64.